The Labute approximate surface area is 270 Å². The molecule has 6 rings (SSSR count). The average molecular weight is 718 g/mol. The third kappa shape index (κ3) is 6.63. The zero-order valence-corrected chi connectivity index (χ0v) is 26.0. The van der Waals surface area contributed by atoms with Gasteiger partial charge in [0.2, 0.25) is 18.6 Å². The second-order valence-corrected chi connectivity index (χ2v) is 12.3. The van der Waals surface area contributed by atoms with Crippen LogP contribution in [0, 0.1) is 3.57 Å². The van der Waals surface area contributed by atoms with Gasteiger partial charge >= 0.3 is 0 Å². The van der Waals surface area contributed by atoms with Gasteiger partial charge in [0.25, 0.3) is 11.8 Å². The number of hydrogen-bond acceptors (Lipinski definition) is 7. The number of rotatable bonds is 8. The van der Waals surface area contributed by atoms with E-state index in [1.54, 1.807) is 84.9 Å². The Balaban J connectivity index is 1.19. The number of anilines is 2. The highest BCUT2D eigenvalue weighted by atomic mass is 127. The second kappa shape index (κ2) is 12.9. The zero-order valence-electron chi connectivity index (χ0n) is 23.0. The molecule has 0 aliphatic carbocycles. The van der Waals surface area contributed by atoms with E-state index in [0.29, 0.717) is 38.9 Å². The van der Waals surface area contributed by atoms with Crippen LogP contribution in [0.3, 0.4) is 0 Å². The molecule has 4 aromatic rings. The molecule has 2 N–H and O–H groups in total. The first-order valence-electron chi connectivity index (χ1n) is 13.5. The van der Waals surface area contributed by atoms with Gasteiger partial charge in [-0.3, -0.25) is 19.2 Å². The maximum Gasteiger partial charge on any atom is 0.272 e. The molecule has 1 unspecified atom stereocenters. The largest absolute Gasteiger partial charge is 0.454 e. The molecule has 0 bridgehead atoms. The minimum atomic E-state index is -0.598. The molecule has 4 aromatic carbocycles. The number of imide groups is 1. The molecule has 4 amide bonds. The Hall–Kier alpha value is -4.62. The zero-order chi connectivity index (χ0) is 30.6. The van der Waals surface area contributed by atoms with E-state index >= 15 is 0 Å². The van der Waals surface area contributed by atoms with Crippen molar-refractivity contribution in [3.05, 3.63) is 117 Å². The summed E-state index contributed by atoms with van der Waals surface area (Å²) in [4.78, 5) is 54.4. The van der Waals surface area contributed by atoms with Crippen molar-refractivity contribution in [1.82, 2.24) is 5.32 Å². The van der Waals surface area contributed by atoms with Crippen LogP contribution >= 0.6 is 34.4 Å². The third-order valence-electron chi connectivity index (χ3n) is 6.80. The fraction of sp³-hybridized carbons (Fsp3) is 0.0909. The van der Waals surface area contributed by atoms with Gasteiger partial charge in [0.15, 0.2) is 11.5 Å². The number of hydrogen-bond donors (Lipinski definition) is 2. The Morgan fingerprint density at radius 1 is 0.886 bits per heavy atom. The van der Waals surface area contributed by atoms with E-state index in [1.807, 2.05) is 18.2 Å². The molecule has 220 valence electrons. The number of carbonyl (C=O) groups excluding carboxylic acids is 4. The van der Waals surface area contributed by atoms with Gasteiger partial charge in [-0.05, 0) is 101 Å². The van der Waals surface area contributed by atoms with Gasteiger partial charge in [0.1, 0.15) is 5.70 Å². The van der Waals surface area contributed by atoms with E-state index in [4.69, 9.17) is 9.47 Å². The molecule has 1 fully saturated rings. The van der Waals surface area contributed by atoms with Crippen LogP contribution in [0.1, 0.15) is 22.3 Å². The highest BCUT2D eigenvalue weighted by Gasteiger charge is 2.40. The Bertz CT molecular complexity index is 1800. The number of ether oxygens (including phenoxy) is 2. The lowest BCUT2D eigenvalue weighted by molar-refractivity contribution is -0.121. The van der Waals surface area contributed by atoms with Crippen molar-refractivity contribution in [3.63, 3.8) is 0 Å². The molecular formula is C33H24IN3O6S. The summed E-state index contributed by atoms with van der Waals surface area (Å²) in [5.41, 5.74) is 2.03. The fourth-order valence-electron chi connectivity index (χ4n) is 4.68. The quantitative estimate of drug-likeness (QED) is 0.134. The third-order valence-corrected chi connectivity index (χ3v) is 8.69. The SMILES string of the molecule is O=C(Nc1cccc(SC2CC(=O)N(c3ccc(I)cc3)C2=O)c1)C(=Cc1ccc2c(c1)OCO2)NC(=O)c1ccccc1. The van der Waals surface area contributed by atoms with Crippen LogP contribution in [0.25, 0.3) is 6.08 Å². The van der Waals surface area contributed by atoms with Crippen molar-refractivity contribution in [1.29, 1.82) is 0 Å². The molecule has 0 saturated carbocycles. The molecule has 2 heterocycles. The van der Waals surface area contributed by atoms with Crippen LogP contribution in [-0.2, 0) is 14.4 Å². The predicted octanol–water partition coefficient (Wildman–Crippen LogP) is 5.85. The number of carbonyl (C=O) groups is 4. The summed E-state index contributed by atoms with van der Waals surface area (Å²) in [5.74, 6) is -0.401. The Morgan fingerprint density at radius 2 is 1.66 bits per heavy atom. The maximum atomic E-state index is 13.5. The molecule has 0 aromatic heterocycles. The van der Waals surface area contributed by atoms with Crippen LogP contribution in [0.15, 0.2) is 108 Å². The fourth-order valence-corrected chi connectivity index (χ4v) is 6.15. The number of benzene rings is 4. The van der Waals surface area contributed by atoms with E-state index in [9.17, 15) is 19.2 Å². The highest BCUT2D eigenvalue weighted by molar-refractivity contribution is 14.1. The van der Waals surface area contributed by atoms with Gasteiger partial charge in [-0.1, -0.05) is 30.3 Å². The lowest BCUT2D eigenvalue weighted by atomic mass is 10.1. The number of fused-ring (bicyclic) bond motifs is 1. The number of nitrogens with zero attached hydrogens (tertiary/aromatic N) is 1. The topological polar surface area (TPSA) is 114 Å². The van der Waals surface area contributed by atoms with E-state index in [-0.39, 0.29) is 30.7 Å². The highest BCUT2D eigenvalue weighted by Crippen LogP contribution is 2.35. The molecule has 1 atom stereocenters. The van der Waals surface area contributed by atoms with Crippen molar-refractivity contribution in [2.24, 2.45) is 0 Å². The number of thioether (sulfide) groups is 1. The van der Waals surface area contributed by atoms with Crippen molar-refractivity contribution < 1.29 is 28.7 Å². The van der Waals surface area contributed by atoms with E-state index in [0.717, 1.165) is 3.57 Å². The molecular weight excluding hydrogens is 693 g/mol. The molecule has 2 aliphatic heterocycles. The molecule has 1 saturated heterocycles. The maximum absolute atomic E-state index is 13.5. The van der Waals surface area contributed by atoms with E-state index < -0.39 is 17.1 Å². The Kier molecular flexibility index (Phi) is 8.66. The number of halogens is 1. The van der Waals surface area contributed by atoms with Crippen LogP contribution in [0.2, 0.25) is 0 Å². The van der Waals surface area contributed by atoms with Crippen molar-refractivity contribution in [2.45, 2.75) is 16.6 Å². The standard InChI is InChI=1S/C33H24IN3O6S/c34-22-10-12-24(13-11-22)37-30(38)18-29(33(37)41)44-25-8-4-7-23(17-25)35-32(40)26(36-31(39)21-5-2-1-3-6-21)15-20-9-14-27-28(16-20)43-19-42-27/h1-17,29H,18-19H2,(H,35,40)(H,36,39). The van der Waals surface area contributed by atoms with Gasteiger partial charge in [0, 0.05) is 26.1 Å². The summed E-state index contributed by atoms with van der Waals surface area (Å²) in [6.45, 7) is 0.110. The lowest BCUT2D eigenvalue weighted by Gasteiger charge is -2.15. The lowest BCUT2D eigenvalue weighted by Crippen LogP contribution is -2.31. The Morgan fingerprint density at radius 3 is 2.45 bits per heavy atom. The van der Waals surface area contributed by atoms with Crippen LogP contribution in [0.4, 0.5) is 11.4 Å². The molecule has 2 aliphatic rings. The first kappa shape index (κ1) is 29.5. The van der Waals surface area contributed by atoms with Gasteiger partial charge in [-0.15, -0.1) is 11.8 Å². The minimum absolute atomic E-state index is 0.0144. The molecule has 11 heteroatoms. The van der Waals surface area contributed by atoms with Gasteiger partial charge in [-0.25, -0.2) is 4.90 Å². The van der Waals surface area contributed by atoms with Crippen molar-refractivity contribution in [2.75, 3.05) is 17.0 Å². The minimum Gasteiger partial charge on any atom is -0.454 e. The van der Waals surface area contributed by atoms with E-state index in [1.165, 1.54) is 16.7 Å². The molecule has 0 radical (unpaired) electrons. The first-order valence-corrected chi connectivity index (χ1v) is 15.5. The molecule has 44 heavy (non-hydrogen) atoms. The summed E-state index contributed by atoms with van der Waals surface area (Å²) < 4.78 is 11.8. The number of amides is 4. The van der Waals surface area contributed by atoms with Gasteiger partial charge in [0.05, 0.1) is 10.9 Å². The van der Waals surface area contributed by atoms with Crippen LogP contribution in [-0.4, -0.2) is 35.7 Å². The second-order valence-electron chi connectivity index (χ2n) is 9.83. The average Bonchev–Trinajstić information content (AvgIpc) is 3.60. The summed E-state index contributed by atoms with van der Waals surface area (Å²) in [6, 6.07) is 28.0. The van der Waals surface area contributed by atoms with Crippen LogP contribution in [0.5, 0.6) is 11.5 Å². The van der Waals surface area contributed by atoms with Gasteiger partial charge in [-0.2, -0.15) is 0 Å². The summed E-state index contributed by atoms with van der Waals surface area (Å²) in [5, 5.41) is 4.97. The summed E-state index contributed by atoms with van der Waals surface area (Å²) >= 11 is 3.43. The van der Waals surface area contributed by atoms with Gasteiger partial charge < -0.3 is 20.1 Å². The smallest absolute Gasteiger partial charge is 0.272 e. The normalized spacial score (nSPS) is 15.8. The first-order chi connectivity index (χ1) is 21.3. The summed E-state index contributed by atoms with van der Waals surface area (Å²) in [7, 11) is 0. The van der Waals surface area contributed by atoms with Crippen molar-refractivity contribution in [3.8, 4) is 11.5 Å². The molecule has 9 nitrogen and oxygen atoms in total. The van der Waals surface area contributed by atoms with E-state index in [2.05, 4.69) is 33.2 Å². The molecule has 0 spiro atoms. The van der Waals surface area contributed by atoms with Crippen molar-refractivity contribution >= 4 is 75.4 Å². The van der Waals surface area contributed by atoms with Crippen LogP contribution < -0.4 is 25.0 Å². The number of nitrogens with one attached hydrogen (secondary N) is 2. The summed E-state index contributed by atoms with van der Waals surface area (Å²) in [6.07, 6.45) is 1.62. The predicted molar refractivity (Wildman–Crippen MR) is 175 cm³/mol. The monoisotopic (exact) mass is 717 g/mol.